The summed E-state index contributed by atoms with van der Waals surface area (Å²) in [7, 11) is -3.69. The molecule has 1 saturated carbocycles. The third-order valence-corrected chi connectivity index (χ3v) is 10.5. The lowest BCUT2D eigenvalue weighted by atomic mass is 9.85. The van der Waals surface area contributed by atoms with E-state index in [0.717, 1.165) is 23.1 Å². The van der Waals surface area contributed by atoms with Crippen LogP contribution in [0.5, 0.6) is 0 Å². The first-order valence-electron chi connectivity index (χ1n) is 15.6. The minimum absolute atomic E-state index is 0.0715. The molecule has 6 rings (SSSR count). The molecule has 0 bridgehead atoms. The van der Waals surface area contributed by atoms with Crippen molar-refractivity contribution in [1.82, 2.24) is 14.5 Å². The van der Waals surface area contributed by atoms with E-state index in [2.05, 4.69) is 16.9 Å². The summed E-state index contributed by atoms with van der Waals surface area (Å²) in [6.07, 6.45) is 2.78. The van der Waals surface area contributed by atoms with Crippen molar-refractivity contribution in [3.8, 4) is 11.1 Å². The molecule has 3 aliphatic rings. The molecule has 2 amide bonds. The minimum atomic E-state index is -3.69. The lowest BCUT2D eigenvalue weighted by Crippen LogP contribution is -2.54. The van der Waals surface area contributed by atoms with Crippen LogP contribution in [0.2, 0.25) is 0 Å². The minimum Gasteiger partial charge on any atom is -0.444 e. The first kappa shape index (κ1) is 30.3. The summed E-state index contributed by atoms with van der Waals surface area (Å²) >= 11 is 0. The Kier molecular flexibility index (Phi) is 8.28. The summed E-state index contributed by atoms with van der Waals surface area (Å²) in [6, 6.07) is 22.9. The van der Waals surface area contributed by atoms with Gasteiger partial charge < -0.3 is 14.5 Å². The Balaban J connectivity index is 1.09. The van der Waals surface area contributed by atoms with Gasteiger partial charge in [0.15, 0.2) is 0 Å². The molecule has 44 heavy (non-hydrogen) atoms. The van der Waals surface area contributed by atoms with Gasteiger partial charge in [0.05, 0.1) is 10.9 Å². The summed E-state index contributed by atoms with van der Waals surface area (Å²) < 4.78 is 35.3. The summed E-state index contributed by atoms with van der Waals surface area (Å²) in [6.45, 7) is 6.74. The largest absolute Gasteiger partial charge is 0.444 e. The number of rotatable bonds is 5. The number of carbonyl (C=O) groups is 2. The summed E-state index contributed by atoms with van der Waals surface area (Å²) in [5.41, 5.74) is 4.89. The average molecular weight is 616 g/mol. The number of benzene rings is 3. The highest BCUT2D eigenvalue weighted by atomic mass is 32.2. The normalized spacial score (nSPS) is 21.8. The predicted octanol–water partition coefficient (Wildman–Crippen LogP) is 5.92. The van der Waals surface area contributed by atoms with E-state index in [4.69, 9.17) is 4.74 Å². The monoisotopic (exact) mass is 615 g/mol. The van der Waals surface area contributed by atoms with Gasteiger partial charge in [0.2, 0.25) is 15.9 Å². The molecular formula is C35H41N3O5S. The van der Waals surface area contributed by atoms with E-state index >= 15 is 0 Å². The average Bonchev–Trinajstić information content (AvgIpc) is 3.38. The van der Waals surface area contributed by atoms with Gasteiger partial charge in [-0.3, -0.25) is 4.79 Å². The van der Waals surface area contributed by atoms with E-state index in [1.165, 1.54) is 11.1 Å². The Hall–Kier alpha value is -3.69. The molecule has 3 aromatic carbocycles. The Labute approximate surface area is 260 Å². The van der Waals surface area contributed by atoms with Crippen molar-refractivity contribution in [2.75, 3.05) is 19.6 Å². The SMILES string of the molecule is CC(C)(C)OC(=O)N1CCN(C(=O)C2CCC(NS(=O)(=O)c3ccc4c(c3)Cc3ccccc3-4)CC2)[C@@H](c2ccccc2)C1. The van der Waals surface area contributed by atoms with Crippen molar-refractivity contribution in [2.24, 2.45) is 5.92 Å². The van der Waals surface area contributed by atoms with E-state index in [1.807, 2.05) is 74.2 Å². The molecule has 1 N–H and O–H groups in total. The molecule has 2 fully saturated rings. The van der Waals surface area contributed by atoms with Crippen molar-refractivity contribution in [2.45, 2.75) is 75.5 Å². The second kappa shape index (κ2) is 12.0. The summed E-state index contributed by atoms with van der Waals surface area (Å²) in [5.74, 6) is -0.115. The lowest BCUT2D eigenvalue weighted by molar-refractivity contribution is -0.142. The number of nitrogens with zero attached hydrogens (tertiary/aromatic N) is 2. The van der Waals surface area contributed by atoms with Crippen LogP contribution in [0.3, 0.4) is 0 Å². The zero-order valence-electron chi connectivity index (χ0n) is 25.7. The molecule has 1 heterocycles. The Morgan fingerprint density at radius 2 is 1.52 bits per heavy atom. The quantitative estimate of drug-likeness (QED) is 0.301. The number of hydrogen-bond donors (Lipinski definition) is 1. The molecule has 2 aliphatic carbocycles. The standard InChI is InChI=1S/C35H41N3O5S/c1-35(2,3)43-34(40)37-19-20-38(32(23-37)24-9-5-4-6-10-24)33(39)25-13-15-28(16-14-25)36-44(41,42)29-17-18-31-27(22-29)21-26-11-7-8-12-30(26)31/h4-12,17-18,22,25,28,32,36H,13-16,19-21,23H2,1-3H3/t25?,28?,32-/m1/s1. The maximum Gasteiger partial charge on any atom is 0.410 e. The first-order chi connectivity index (χ1) is 21.0. The fraction of sp³-hybridized carbons (Fsp3) is 0.429. The fourth-order valence-electron chi connectivity index (χ4n) is 6.77. The fourth-order valence-corrected chi connectivity index (χ4v) is 8.12. The molecule has 0 unspecified atom stereocenters. The second-order valence-corrected chi connectivity index (χ2v) is 14.9. The number of nitrogens with one attached hydrogen (secondary N) is 1. The molecule has 8 nitrogen and oxygen atoms in total. The number of piperazine rings is 1. The number of fused-ring (bicyclic) bond motifs is 3. The Morgan fingerprint density at radius 1 is 0.841 bits per heavy atom. The van der Waals surface area contributed by atoms with Crippen molar-refractivity contribution < 1.29 is 22.7 Å². The van der Waals surface area contributed by atoms with Gasteiger partial charge in [-0.2, -0.15) is 0 Å². The van der Waals surface area contributed by atoms with E-state index < -0.39 is 15.6 Å². The first-order valence-corrected chi connectivity index (χ1v) is 17.0. The molecule has 1 atom stereocenters. The van der Waals surface area contributed by atoms with Crippen LogP contribution in [0.25, 0.3) is 11.1 Å². The van der Waals surface area contributed by atoms with Gasteiger partial charge in [-0.1, -0.05) is 60.7 Å². The van der Waals surface area contributed by atoms with E-state index in [9.17, 15) is 18.0 Å². The zero-order chi connectivity index (χ0) is 31.1. The number of amides is 2. The smallest absolute Gasteiger partial charge is 0.410 e. The maximum absolute atomic E-state index is 13.9. The molecule has 1 saturated heterocycles. The van der Waals surface area contributed by atoms with Crippen LogP contribution < -0.4 is 4.72 Å². The van der Waals surface area contributed by atoms with Crippen LogP contribution in [0.15, 0.2) is 77.7 Å². The van der Waals surface area contributed by atoms with E-state index in [0.29, 0.717) is 45.3 Å². The molecule has 3 aromatic rings. The molecule has 0 aromatic heterocycles. The zero-order valence-corrected chi connectivity index (χ0v) is 26.5. The van der Waals surface area contributed by atoms with Gasteiger partial charge in [0.1, 0.15) is 5.60 Å². The van der Waals surface area contributed by atoms with Gasteiger partial charge in [-0.05, 0) is 92.8 Å². The highest BCUT2D eigenvalue weighted by molar-refractivity contribution is 7.89. The summed E-state index contributed by atoms with van der Waals surface area (Å²) in [5, 5.41) is 0. The molecular weight excluding hydrogens is 574 g/mol. The van der Waals surface area contributed by atoms with Crippen LogP contribution >= 0.6 is 0 Å². The Bertz CT molecular complexity index is 1640. The molecule has 232 valence electrons. The maximum atomic E-state index is 13.9. The Morgan fingerprint density at radius 3 is 2.25 bits per heavy atom. The van der Waals surface area contributed by atoms with E-state index in [1.54, 1.807) is 17.0 Å². The van der Waals surface area contributed by atoms with Crippen LogP contribution in [0.1, 0.15) is 69.2 Å². The molecule has 0 spiro atoms. The second-order valence-electron chi connectivity index (χ2n) is 13.2. The van der Waals surface area contributed by atoms with Crippen LogP contribution in [-0.4, -0.2) is 61.5 Å². The number of ether oxygens (including phenoxy) is 1. The summed E-state index contributed by atoms with van der Waals surface area (Å²) in [4.78, 5) is 30.7. The van der Waals surface area contributed by atoms with Gasteiger partial charge in [0.25, 0.3) is 0 Å². The van der Waals surface area contributed by atoms with Crippen molar-refractivity contribution in [3.05, 3.63) is 89.5 Å². The van der Waals surface area contributed by atoms with E-state index in [-0.39, 0.29) is 34.9 Å². The highest BCUT2D eigenvalue weighted by Gasteiger charge is 2.39. The number of sulfonamides is 1. The van der Waals surface area contributed by atoms with Gasteiger partial charge in [-0.15, -0.1) is 0 Å². The lowest BCUT2D eigenvalue weighted by Gasteiger charge is -2.43. The van der Waals surface area contributed by atoms with Gasteiger partial charge in [-0.25, -0.2) is 17.9 Å². The molecule has 1 aliphatic heterocycles. The van der Waals surface area contributed by atoms with Crippen molar-refractivity contribution >= 4 is 22.0 Å². The van der Waals surface area contributed by atoms with Crippen molar-refractivity contribution in [1.29, 1.82) is 0 Å². The topological polar surface area (TPSA) is 96.0 Å². The molecule has 0 radical (unpaired) electrons. The van der Waals surface area contributed by atoms with Gasteiger partial charge >= 0.3 is 6.09 Å². The van der Waals surface area contributed by atoms with Crippen LogP contribution in [-0.2, 0) is 26.0 Å². The highest BCUT2D eigenvalue weighted by Crippen LogP contribution is 2.38. The number of carbonyl (C=O) groups excluding carboxylic acids is 2. The van der Waals surface area contributed by atoms with Crippen LogP contribution in [0, 0.1) is 5.92 Å². The molecule has 9 heteroatoms. The van der Waals surface area contributed by atoms with Crippen molar-refractivity contribution in [3.63, 3.8) is 0 Å². The van der Waals surface area contributed by atoms with Crippen LogP contribution in [0.4, 0.5) is 4.79 Å². The third kappa shape index (κ3) is 6.40. The predicted molar refractivity (Wildman–Crippen MR) is 169 cm³/mol. The third-order valence-electron chi connectivity index (χ3n) is 8.97. The number of hydrogen-bond acceptors (Lipinski definition) is 5. The van der Waals surface area contributed by atoms with Gasteiger partial charge in [0, 0.05) is 31.6 Å².